The Morgan fingerprint density at radius 1 is 1.04 bits per heavy atom. The number of carbonyl (C=O) groups excluding carboxylic acids is 1. The first-order chi connectivity index (χ1) is 11.8. The van der Waals surface area contributed by atoms with E-state index in [1.165, 1.54) is 31.4 Å². The second-order valence-corrected chi connectivity index (χ2v) is 7.74. The molecule has 0 aromatic heterocycles. The number of nitrogens with zero attached hydrogens (tertiary/aromatic N) is 1. The SMILES string of the molecule is Cl.Cl.O=C(NC1CCCN(c2ccccc2)C1)C1CC2CCCCC2N1. The third-order valence-corrected chi connectivity index (χ3v) is 6.07. The molecule has 3 aliphatic rings. The summed E-state index contributed by atoms with van der Waals surface area (Å²) in [4.78, 5) is 15.1. The summed E-state index contributed by atoms with van der Waals surface area (Å²) in [5.74, 6) is 0.950. The van der Waals surface area contributed by atoms with Crippen LogP contribution in [0.1, 0.15) is 44.9 Å². The van der Waals surface area contributed by atoms with Gasteiger partial charge in [0.15, 0.2) is 0 Å². The number of anilines is 1. The minimum Gasteiger partial charge on any atom is -0.369 e. The summed E-state index contributed by atoms with van der Waals surface area (Å²) in [7, 11) is 0. The van der Waals surface area contributed by atoms with Crippen LogP contribution in [0, 0.1) is 5.92 Å². The molecule has 2 heterocycles. The van der Waals surface area contributed by atoms with Crippen LogP contribution in [0.4, 0.5) is 5.69 Å². The van der Waals surface area contributed by atoms with Crippen LogP contribution < -0.4 is 15.5 Å². The molecule has 146 valence electrons. The molecule has 0 spiro atoms. The van der Waals surface area contributed by atoms with E-state index in [0.29, 0.717) is 6.04 Å². The van der Waals surface area contributed by atoms with Crippen molar-refractivity contribution in [2.24, 2.45) is 5.92 Å². The van der Waals surface area contributed by atoms with Crippen LogP contribution in [0.25, 0.3) is 0 Å². The predicted octanol–water partition coefficient (Wildman–Crippen LogP) is 3.54. The summed E-state index contributed by atoms with van der Waals surface area (Å²) in [5.41, 5.74) is 1.27. The molecule has 1 saturated carbocycles. The van der Waals surface area contributed by atoms with Gasteiger partial charge in [0.1, 0.15) is 0 Å². The maximum Gasteiger partial charge on any atom is 0.237 e. The van der Waals surface area contributed by atoms with E-state index >= 15 is 0 Å². The van der Waals surface area contributed by atoms with Crippen LogP contribution in [0.5, 0.6) is 0 Å². The Balaban J connectivity index is 0.00000121. The number of nitrogens with one attached hydrogen (secondary N) is 2. The Morgan fingerprint density at radius 3 is 2.58 bits per heavy atom. The molecule has 6 heteroatoms. The van der Waals surface area contributed by atoms with Gasteiger partial charge in [-0.15, -0.1) is 24.8 Å². The minimum atomic E-state index is 0. The lowest BCUT2D eigenvalue weighted by Gasteiger charge is -2.35. The summed E-state index contributed by atoms with van der Waals surface area (Å²) in [6.07, 6.45) is 8.47. The van der Waals surface area contributed by atoms with E-state index in [1.807, 2.05) is 0 Å². The van der Waals surface area contributed by atoms with Gasteiger partial charge < -0.3 is 15.5 Å². The van der Waals surface area contributed by atoms with Gasteiger partial charge in [-0.1, -0.05) is 31.0 Å². The number of piperidine rings is 1. The fourth-order valence-corrected chi connectivity index (χ4v) is 4.79. The Morgan fingerprint density at radius 2 is 1.81 bits per heavy atom. The Kier molecular flexibility index (Phi) is 8.05. The van der Waals surface area contributed by atoms with Gasteiger partial charge in [-0.25, -0.2) is 0 Å². The number of amides is 1. The average molecular weight is 400 g/mol. The number of rotatable bonds is 3. The average Bonchev–Trinajstić information content (AvgIpc) is 3.07. The fourth-order valence-electron chi connectivity index (χ4n) is 4.79. The number of carbonyl (C=O) groups is 1. The first-order valence-electron chi connectivity index (χ1n) is 9.66. The number of para-hydroxylation sites is 1. The number of fused-ring (bicyclic) bond motifs is 1. The van der Waals surface area contributed by atoms with Gasteiger partial charge in [0.25, 0.3) is 0 Å². The van der Waals surface area contributed by atoms with Crippen LogP contribution in [-0.4, -0.2) is 37.1 Å². The van der Waals surface area contributed by atoms with Crippen molar-refractivity contribution in [3.8, 4) is 0 Å². The van der Waals surface area contributed by atoms with Crippen LogP contribution in [0.2, 0.25) is 0 Å². The number of benzene rings is 1. The first-order valence-corrected chi connectivity index (χ1v) is 9.66. The second kappa shape index (κ2) is 9.82. The molecule has 2 aliphatic heterocycles. The van der Waals surface area contributed by atoms with Crippen molar-refractivity contribution in [3.63, 3.8) is 0 Å². The second-order valence-electron chi connectivity index (χ2n) is 7.74. The third kappa shape index (κ3) is 4.85. The number of hydrogen-bond acceptors (Lipinski definition) is 3. The molecule has 0 bridgehead atoms. The lowest BCUT2D eigenvalue weighted by Crippen LogP contribution is -2.52. The highest BCUT2D eigenvalue weighted by molar-refractivity contribution is 5.85. The predicted molar refractivity (Wildman–Crippen MR) is 112 cm³/mol. The van der Waals surface area contributed by atoms with E-state index < -0.39 is 0 Å². The van der Waals surface area contributed by atoms with Crippen LogP contribution in [-0.2, 0) is 4.79 Å². The van der Waals surface area contributed by atoms with E-state index in [9.17, 15) is 4.79 Å². The molecule has 4 unspecified atom stereocenters. The smallest absolute Gasteiger partial charge is 0.237 e. The standard InChI is InChI=1S/C20H29N3O.2ClH/c24-20(19-13-15-7-4-5-11-18(15)22-19)21-16-8-6-12-23(14-16)17-9-2-1-3-10-17;;/h1-3,9-10,15-16,18-19,22H,4-8,11-14H2,(H,21,24);2*1H. The molecule has 1 amide bonds. The highest BCUT2D eigenvalue weighted by Gasteiger charge is 2.38. The Bertz CT molecular complexity index is 557. The zero-order valence-electron chi connectivity index (χ0n) is 15.2. The van der Waals surface area contributed by atoms with Crippen LogP contribution >= 0.6 is 24.8 Å². The van der Waals surface area contributed by atoms with Gasteiger partial charge in [0, 0.05) is 30.9 Å². The Hall–Kier alpha value is -0.970. The van der Waals surface area contributed by atoms with Crippen molar-refractivity contribution < 1.29 is 4.79 Å². The van der Waals surface area contributed by atoms with E-state index in [1.54, 1.807) is 0 Å². The van der Waals surface area contributed by atoms with Crippen LogP contribution in [0.3, 0.4) is 0 Å². The zero-order chi connectivity index (χ0) is 16.4. The van der Waals surface area contributed by atoms with E-state index in [4.69, 9.17) is 0 Å². The minimum absolute atomic E-state index is 0. The third-order valence-electron chi connectivity index (χ3n) is 6.07. The quantitative estimate of drug-likeness (QED) is 0.816. The molecule has 1 aromatic carbocycles. The topological polar surface area (TPSA) is 44.4 Å². The maximum atomic E-state index is 12.7. The summed E-state index contributed by atoms with van der Waals surface area (Å²) in [6.45, 7) is 2.01. The summed E-state index contributed by atoms with van der Waals surface area (Å²) in [5, 5.41) is 6.93. The molecule has 1 aliphatic carbocycles. The lowest BCUT2D eigenvalue weighted by atomic mass is 9.85. The van der Waals surface area contributed by atoms with Crippen molar-refractivity contribution in [2.75, 3.05) is 18.0 Å². The summed E-state index contributed by atoms with van der Waals surface area (Å²) in [6, 6.07) is 11.4. The van der Waals surface area contributed by atoms with Gasteiger partial charge in [-0.05, 0) is 50.2 Å². The van der Waals surface area contributed by atoms with Crippen molar-refractivity contribution >= 4 is 36.4 Å². The lowest BCUT2D eigenvalue weighted by molar-refractivity contribution is -0.123. The molecule has 26 heavy (non-hydrogen) atoms. The van der Waals surface area contributed by atoms with Gasteiger partial charge in [0.05, 0.1) is 6.04 Å². The van der Waals surface area contributed by atoms with E-state index in [-0.39, 0.29) is 42.8 Å². The highest BCUT2D eigenvalue weighted by Crippen LogP contribution is 2.33. The van der Waals surface area contributed by atoms with Crippen molar-refractivity contribution in [3.05, 3.63) is 30.3 Å². The van der Waals surface area contributed by atoms with E-state index in [2.05, 4.69) is 45.9 Å². The fraction of sp³-hybridized carbons (Fsp3) is 0.650. The molecule has 2 N–H and O–H groups in total. The Labute approximate surface area is 169 Å². The molecule has 4 nitrogen and oxygen atoms in total. The summed E-state index contributed by atoms with van der Waals surface area (Å²) >= 11 is 0. The molecular weight excluding hydrogens is 369 g/mol. The molecule has 2 saturated heterocycles. The largest absolute Gasteiger partial charge is 0.369 e. The van der Waals surface area contributed by atoms with Gasteiger partial charge in [-0.2, -0.15) is 0 Å². The first kappa shape index (κ1) is 21.3. The maximum absolute atomic E-state index is 12.7. The van der Waals surface area contributed by atoms with Gasteiger partial charge >= 0.3 is 0 Å². The number of hydrogen-bond donors (Lipinski definition) is 2. The van der Waals surface area contributed by atoms with Crippen LogP contribution in [0.15, 0.2) is 30.3 Å². The normalized spacial score (nSPS) is 30.5. The molecule has 4 rings (SSSR count). The zero-order valence-corrected chi connectivity index (χ0v) is 16.9. The van der Waals surface area contributed by atoms with Gasteiger partial charge in [-0.3, -0.25) is 4.79 Å². The number of halogens is 2. The van der Waals surface area contributed by atoms with Crippen molar-refractivity contribution in [1.29, 1.82) is 0 Å². The molecular formula is C20H31Cl2N3O. The van der Waals surface area contributed by atoms with Gasteiger partial charge in [0.2, 0.25) is 5.91 Å². The monoisotopic (exact) mass is 399 g/mol. The highest BCUT2D eigenvalue weighted by atomic mass is 35.5. The van der Waals surface area contributed by atoms with E-state index in [0.717, 1.165) is 38.3 Å². The molecule has 4 atom stereocenters. The molecule has 0 radical (unpaired) electrons. The summed E-state index contributed by atoms with van der Waals surface area (Å²) < 4.78 is 0. The van der Waals surface area contributed by atoms with Crippen molar-refractivity contribution in [1.82, 2.24) is 10.6 Å². The molecule has 1 aromatic rings. The van der Waals surface area contributed by atoms with Crippen molar-refractivity contribution in [2.45, 2.75) is 63.1 Å². The molecule has 3 fully saturated rings.